The summed E-state index contributed by atoms with van der Waals surface area (Å²) >= 11 is 0. The van der Waals surface area contributed by atoms with Gasteiger partial charge in [-0.3, -0.25) is 4.68 Å². The number of hydrogen-bond donors (Lipinski definition) is 1. The molecule has 0 radical (unpaired) electrons. The summed E-state index contributed by atoms with van der Waals surface area (Å²) < 4.78 is 2.21. The molecular formula is C13H23N3. The second-order valence-corrected chi connectivity index (χ2v) is 4.96. The van der Waals surface area contributed by atoms with Gasteiger partial charge in [-0.25, -0.2) is 0 Å². The molecule has 1 aromatic rings. The molecule has 0 amide bonds. The molecule has 2 rings (SSSR count). The first kappa shape index (κ1) is 11.6. The quantitative estimate of drug-likeness (QED) is 0.828. The third-order valence-corrected chi connectivity index (χ3v) is 3.67. The highest BCUT2D eigenvalue weighted by molar-refractivity contribution is 5.28. The van der Waals surface area contributed by atoms with Crippen molar-refractivity contribution >= 4 is 0 Å². The van der Waals surface area contributed by atoms with Gasteiger partial charge in [0.1, 0.15) is 0 Å². The van der Waals surface area contributed by atoms with Gasteiger partial charge in [0.25, 0.3) is 0 Å². The maximum absolute atomic E-state index is 4.68. The molecule has 1 saturated carbocycles. The van der Waals surface area contributed by atoms with Gasteiger partial charge in [-0.15, -0.1) is 0 Å². The van der Waals surface area contributed by atoms with Crippen molar-refractivity contribution in [3.05, 3.63) is 17.0 Å². The minimum Gasteiger partial charge on any atom is -0.313 e. The topological polar surface area (TPSA) is 29.9 Å². The number of nitrogens with one attached hydrogen (secondary N) is 1. The Morgan fingerprint density at radius 3 is 2.62 bits per heavy atom. The van der Waals surface area contributed by atoms with Gasteiger partial charge in [-0.1, -0.05) is 6.92 Å². The fraction of sp³-hybridized carbons (Fsp3) is 0.769. The highest BCUT2D eigenvalue weighted by Crippen LogP contribution is 2.32. The first-order chi connectivity index (χ1) is 7.67. The summed E-state index contributed by atoms with van der Waals surface area (Å²) in [7, 11) is 2.03. The number of aromatic nitrogens is 2. The van der Waals surface area contributed by atoms with Crippen LogP contribution in [0.1, 0.15) is 49.2 Å². The second kappa shape index (κ2) is 4.58. The highest BCUT2D eigenvalue weighted by atomic mass is 15.3. The Morgan fingerprint density at radius 1 is 1.44 bits per heavy atom. The SMILES string of the molecule is CCC(NC)c1c(C)nn(CC2CC2)c1C. The van der Waals surface area contributed by atoms with Crippen molar-refractivity contribution in [3.8, 4) is 0 Å². The van der Waals surface area contributed by atoms with E-state index in [1.165, 1.54) is 29.8 Å². The van der Waals surface area contributed by atoms with E-state index in [0.29, 0.717) is 6.04 Å². The maximum atomic E-state index is 4.68. The van der Waals surface area contributed by atoms with Crippen molar-refractivity contribution in [1.29, 1.82) is 0 Å². The van der Waals surface area contributed by atoms with Crippen LogP contribution in [-0.4, -0.2) is 16.8 Å². The van der Waals surface area contributed by atoms with Crippen molar-refractivity contribution in [2.75, 3.05) is 7.05 Å². The van der Waals surface area contributed by atoms with E-state index in [0.717, 1.165) is 18.9 Å². The van der Waals surface area contributed by atoms with Gasteiger partial charge in [0.15, 0.2) is 0 Å². The minimum absolute atomic E-state index is 0.452. The summed E-state index contributed by atoms with van der Waals surface area (Å²) in [4.78, 5) is 0. The fourth-order valence-electron chi connectivity index (χ4n) is 2.49. The summed E-state index contributed by atoms with van der Waals surface area (Å²) in [6.07, 6.45) is 3.89. The molecule has 1 aliphatic rings. The van der Waals surface area contributed by atoms with Crippen LogP contribution in [0.5, 0.6) is 0 Å². The lowest BCUT2D eigenvalue weighted by Crippen LogP contribution is -2.17. The average Bonchev–Trinajstić information content (AvgIpc) is 3.02. The van der Waals surface area contributed by atoms with Crippen LogP contribution >= 0.6 is 0 Å². The summed E-state index contributed by atoms with van der Waals surface area (Å²) in [6, 6.07) is 0.452. The molecule has 3 nitrogen and oxygen atoms in total. The molecule has 0 saturated heterocycles. The van der Waals surface area contributed by atoms with Gasteiger partial charge in [0, 0.05) is 23.8 Å². The zero-order valence-electron chi connectivity index (χ0n) is 10.9. The highest BCUT2D eigenvalue weighted by Gasteiger charge is 2.25. The van der Waals surface area contributed by atoms with Crippen molar-refractivity contribution in [2.24, 2.45) is 5.92 Å². The van der Waals surface area contributed by atoms with Gasteiger partial charge in [-0.05, 0) is 46.1 Å². The van der Waals surface area contributed by atoms with Crippen LogP contribution < -0.4 is 5.32 Å². The Labute approximate surface area is 98.2 Å². The molecule has 0 spiro atoms. The molecule has 1 atom stereocenters. The molecule has 1 aromatic heterocycles. The molecule has 16 heavy (non-hydrogen) atoms. The van der Waals surface area contributed by atoms with E-state index in [2.05, 4.69) is 35.9 Å². The number of aryl methyl sites for hydroxylation is 1. The Hall–Kier alpha value is -0.830. The predicted molar refractivity (Wildman–Crippen MR) is 66.5 cm³/mol. The summed E-state index contributed by atoms with van der Waals surface area (Å²) in [5.74, 6) is 0.889. The average molecular weight is 221 g/mol. The number of nitrogens with zero attached hydrogens (tertiary/aromatic N) is 2. The molecule has 3 heteroatoms. The van der Waals surface area contributed by atoms with Crippen molar-refractivity contribution in [2.45, 2.75) is 52.6 Å². The Bertz CT molecular complexity index is 359. The molecule has 1 N–H and O–H groups in total. The van der Waals surface area contributed by atoms with Crippen molar-refractivity contribution in [1.82, 2.24) is 15.1 Å². The number of hydrogen-bond acceptors (Lipinski definition) is 2. The van der Waals surface area contributed by atoms with E-state index in [4.69, 9.17) is 0 Å². The maximum Gasteiger partial charge on any atom is 0.0644 e. The zero-order chi connectivity index (χ0) is 11.7. The van der Waals surface area contributed by atoms with Gasteiger partial charge in [-0.2, -0.15) is 5.10 Å². The molecule has 1 aliphatic carbocycles. The third kappa shape index (κ3) is 2.14. The van der Waals surface area contributed by atoms with Crippen molar-refractivity contribution < 1.29 is 0 Å². The van der Waals surface area contributed by atoms with Gasteiger partial charge < -0.3 is 5.32 Å². The number of rotatable bonds is 5. The molecule has 90 valence electrons. The molecule has 1 unspecified atom stereocenters. The normalized spacial score (nSPS) is 17.8. The first-order valence-corrected chi connectivity index (χ1v) is 6.38. The van der Waals surface area contributed by atoms with Crippen LogP contribution in [0.4, 0.5) is 0 Å². The molecular weight excluding hydrogens is 198 g/mol. The molecule has 0 bridgehead atoms. The van der Waals surface area contributed by atoms with Crippen LogP contribution in [0, 0.1) is 19.8 Å². The Balaban J connectivity index is 2.25. The van der Waals surface area contributed by atoms with E-state index >= 15 is 0 Å². The zero-order valence-corrected chi connectivity index (χ0v) is 10.9. The van der Waals surface area contributed by atoms with E-state index in [-0.39, 0.29) is 0 Å². The Kier molecular flexibility index (Phi) is 3.33. The monoisotopic (exact) mass is 221 g/mol. The summed E-state index contributed by atoms with van der Waals surface area (Å²) in [6.45, 7) is 7.68. The van der Waals surface area contributed by atoms with Gasteiger partial charge in [0.05, 0.1) is 5.69 Å². The third-order valence-electron chi connectivity index (χ3n) is 3.67. The van der Waals surface area contributed by atoms with Crippen LogP contribution in [0.25, 0.3) is 0 Å². The van der Waals surface area contributed by atoms with Crippen molar-refractivity contribution in [3.63, 3.8) is 0 Å². The summed E-state index contributed by atoms with van der Waals surface area (Å²) in [5, 5.41) is 8.06. The lowest BCUT2D eigenvalue weighted by atomic mass is 10.0. The van der Waals surface area contributed by atoms with Gasteiger partial charge >= 0.3 is 0 Å². The Morgan fingerprint density at radius 2 is 2.12 bits per heavy atom. The molecule has 0 aromatic carbocycles. The van der Waals surface area contributed by atoms with Crippen LogP contribution in [0.3, 0.4) is 0 Å². The molecule has 1 fully saturated rings. The van der Waals surface area contributed by atoms with E-state index in [9.17, 15) is 0 Å². The smallest absolute Gasteiger partial charge is 0.0644 e. The van der Waals surface area contributed by atoms with Gasteiger partial charge in [0.2, 0.25) is 0 Å². The van der Waals surface area contributed by atoms with E-state index in [1.54, 1.807) is 0 Å². The van der Waals surface area contributed by atoms with Crippen LogP contribution in [0.2, 0.25) is 0 Å². The lowest BCUT2D eigenvalue weighted by Gasteiger charge is -2.14. The lowest BCUT2D eigenvalue weighted by molar-refractivity contribution is 0.539. The van der Waals surface area contributed by atoms with Crippen LogP contribution in [-0.2, 0) is 6.54 Å². The fourth-order valence-corrected chi connectivity index (χ4v) is 2.49. The van der Waals surface area contributed by atoms with E-state index in [1.807, 2.05) is 7.05 Å². The summed E-state index contributed by atoms with van der Waals surface area (Å²) in [5.41, 5.74) is 3.95. The predicted octanol–water partition coefficient (Wildman–Crippen LogP) is 2.58. The largest absolute Gasteiger partial charge is 0.313 e. The molecule has 1 heterocycles. The van der Waals surface area contributed by atoms with Crippen LogP contribution in [0.15, 0.2) is 0 Å². The first-order valence-electron chi connectivity index (χ1n) is 6.38. The second-order valence-electron chi connectivity index (χ2n) is 4.96. The van der Waals surface area contributed by atoms with E-state index < -0.39 is 0 Å². The minimum atomic E-state index is 0.452. The molecule has 0 aliphatic heterocycles. The standard InChI is InChI=1S/C13H23N3/c1-5-12(14-4)13-9(2)15-16(10(13)3)8-11-6-7-11/h11-12,14H,5-8H2,1-4H3.